The van der Waals surface area contributed by atoms with Gasteiger partial charge in [-0.2, -0.15) is 10.2 Å². The molecule has 0 saturated heterocycles. The van der Waals surface area contributed by atoms with Gasteiger partial charge in [0.25, 0.3) is 5.91 Å². The van der Waals surface area contributed by atoms with Crippen molar-refractivity contribution in [1.82, 2.24) is 29.9 Å². The summed E-state index contributed by atoms with van der Waals surface area (Å²) in [5.41, 5.74) is 10.9. The first kappa shape index (κ1) is 23.3. The molecule has 0 aliphatic rings. The van der Waals surface area contributed by atoms with Crippen LogP contribution in [0.4, 0.5) is 5.82 Å². The second-order valence-electron chi connectivity index (χ2n) is 8.81. The van der Waals surface area contributed by atoms with Gasteiger partial charge in [0.05, 0.1) is 31.5 Å². The van der Waals surface area contributed by atoms with Gasteiger partial charge in [-0.3, -0.25) is 14.2 Å². The van der Waals surface area contributed by atoms with Crippen molar-refractivity contribution in [2.75, 3.05) is 5.73 Å². The van der Waals surface area contributed by atoms with Crippen molar-refractivity contribution in [2.24, 2.45) is 0 Å². The van der Waals surface area contributed by atoms with Crippen LogP contribution in [0.2, 0.25) is 0 Å². The van der Waals surface area contributed by atoms with Crippen molar-refractivity contribution in [3.63, 3.8) is 0 Å². The summed E-state index contributed by atoms with van der Waals surface area (Å²) in [4.78, 5) is 17.0. The summed E-state index contributed by atoms with van der Waals surface area (Å²) in [7, 11) is 0. The van der Waals surface area contributed by atoms with E-state index in [2.05, 4.69) is 32.6 Å². The van der Waals surface area contributed by atoms with Crippen molar-refractivity contribution >= 4 is 22.5 Å². The monoisotopic (exact) mass is 481 g/mol. The Bertz CT molecular complexity index is 1520. The number of nitrogen functional groups attached to an aromatic ring is 1. The molecular weight excluding hydrogens is 454 g/mol. The maximum atomic E-state index is 12.9. The number of aryl methyl sites for hydroxylation is 1. The first-order valence-corrected chi connectivity index (χ1v) is 11.6. The van der Waals surface area contributed by atoms with Gasteiger partial charge in [0.1, 0.15) is 11.5 Å². The van der Waals surface area contributed by atoms with Crippen LogP contribution >= 0.6 is 0 Å². The molecular formula is C27H27N7O2. The Morgan fingerprint density at radius 1 is 1.00 bits per heavy atom. The van der Waals surface area contributed by atoms with Gasteiger partial charge in [-0.1, -0.05) is 36.4 Å². The molecule has 5 aromatic rings. The Morgan fingerprint density at radius 2 is 1.72 bits per heavy atom. The quantitative estimate of drug-likeness (QED) is 0.313. The van der Waals surface area contributed by atoms with E-state index < -0.39 is 0 Å². The van der Waals surface area contributed by atoms with Crippen molar-refractivity contribution in [1.29, 1.82) is 0 Å². The molecule has 0 atom stereocenters. The number of rotatable bonds is 8. The molecule has 1 amide bonds. The second kappa shape index (κ2) is 10.0. The Morgan fingerprint density at radius 3 is 2.42 bits per heavy atom. The van der Waals surface area contributed by atoms with Gasteiger partial charge in [-0.25, -0.2) is 4.98 Å². The summed E-state index contributed by atoms with van der Waals surface area (Å²) in [5, 5.41) is 23.3. The number of aliphatic hydroxyl groups is 1. The summed E-state index contributed by atoms with van der Waals surface area (Å²) in [6.45, 7) is 3.23. The Labute approximate surface area is 208 Å². The average Bonchev–Trinajstić information content (AvgIpc) is 3.49. The number of amides is 1. The van der Waals surface area contributed by atoms with Crippen LogP contribution in [-0.2, 0) is 26.2 Å². The highest BCUT2D eigenvalue weighted by molar-refractivity contribution is 5.95. The van der Waals surface area contributed by atoms with Crippen LogP contribution in [0.15, 0.2) is 73.3 Å². The lowest BCUT2D eigenvalue weighted by Gasteiger charge is -2.07. The highest BCUT2D eigenvalue weighted by Crippen LogP contribution is 2.20. The first-order chi connectivity index (χ1) is 17.5. The first-order valence-electron chi connectivity index (χ1n) is 11.6. The lowest BCUT2D eigenvalue weighted by atomic mass is 10.1. The second-order valence-corrected chi connectivity index (χ2v) is 8.81. The number of aliphatic hydroxyl groups excluding tert-OH is 1. The maximum absolute atomic E-state index is 12.9. The van der Waals surface area contributed by atoms with Crippen molar-refractivity contribution in [3.05, 3.63) is 107 Å². The fourth-order valence-corrected chi connectivity index (χ4v) is 4.16. The molecule has 5 rings (SSSR count). The maximum Gasteiger partial charge on any atom is 0.255 e. The molecule has 36 heavy (non-hydrogen) atoms. The third kappa shape index (κ3) is 5.11. The number of aromatic nitrogens is 5. The van der Waals surface area contributed by atoms with Crippen molar-refractivity contribution in [3.8, 4) is 0 Å². The van der Waals surface area contributed by atoms with Crippen LogP contribution in [0.1, 0.15) is 38.3 Å². The van der Waals surface area contributed by atoms with Crippen LogP contribution in [0.3, 0.4) is 0 Å². The predicted molar refractivity (Wildman–Crippen MR) is 137 cm³/mol. The Hall–Kier alpha value is -4.50. The van der Waals surface area contributed by atoms with E-state index in [-0.39, 0.29) is 12.5 Å². The Kier molecular flexibility index (Phi) is 6.46. The van der Waals surface area contributed by atoms with E-state index in [4.69, 9.17) is 5.73 Å². The van der Waals surface area contributed by atoms with E-state index in [1.165, 1.54) is 0 Å². The van der Waals surface area contributed by atoms with Gasteiger partial charge in [-0.15, -0.1) is 0 Å². The molecule has 0 spiro atoms. The summed E-state index contributed by atoms with van der Waals surface area (Å²) in [6, 6.07) is 15.9. The summed E-state index contributed by atoms with van der Waals surface area (Å²) >= 11 is 0. The third-order valence-electron chi connectivity index (χ3n) is 6.02. The minimum Gasteiger partial charge on any atom is -0.390 e. The van der Waals surface area contributed by atoms with Gasteiger partial charge in [0.15, 0.2) is 0 Å². The molecule has 0 radical (unpaired) electrons. The molecule has 0 unspecified atom stereocenters. The molecule has 9 nitrogen and oxygen atoms in total. The van der Waals surface area contributed by atoms with Crippen LogP contribution in [-0.4, -0.2) is 35.6 Å². The molecule has 0 bridgehead atoms. The molecule has 3 heterocycles. The molecule has 3 aromatic heterocycles. The third-order valence-corrected chi connectivity index (χ3v) is 6.02. The van der Waals surface area contributed by atoms with Crippen molar-refractivity contribution < 1.29 is 9.90 Å². The molecule has 9 heteroatoms. The van der Waals surface area contributed by atoms with E-state index in [0.29, 0.717) is 36.7 Å². The van der Waals surface area contributed by atoms with E-state index in [1.807, 2.05) is 60.4 Å². The van der Waals surface area contributed by atoms with E-state index in [1.54, 1.807) is 17.1 Å². The number of hydrogen-bond acceptors (Lipinski definition) is 6. The fraction of sp³-hybridized carbons (Fsp3) is 0.185. The summed E-state index contributed by atoms with van der Waals surface area (Å²) < 4.78 is 3.58. The average molecular weight is 482 g/mol. The van der Waals surface area contributed by atoms with Crippen LogP contribution in [0.25, 0.3) is 10.8 Å². The zero-order valence-electron chi connectivity index (χ0n) is 19.9. The number of nitrogens with one attached hydrogen (secondary N) is 1. The van der Waals surface area contributed by atoms with Gasteiger partial charge in [0, 0.05) is 30.5 Å². The molecule has 4 N–H and O–H groups in total. The van der Waals surface area contributed by atoms with E-state index >= 15 is 0 Å². The van der Waals surface area contributed by atoms with E-state index in [0.717, 1.165) is 33.0 Å². The SMILES string of the molecule is Cc1cnn(Cc2ccc(Cn3cc(C(=O)NCc4ccc5c(N)nccc5c4)c(CO)n3)cc2)c1. The number of fused-ring (bicyclic) bond motifs is 1. The number of anilines is 1. The standard InChI is InChI=1S/C27H27N7O2/c1-18-11-31-33(13-18)14-19-2-4-20(5-3-19)15-34-16-24(25(17-35)32-34)27(36)30-12-21-6-7-23-22(10-21)8-9-29-26(23)28/h2-11,13,16,35H,12,14-15,17H2,1H3,(H2,28,29)(H,30,36). The number of pyridine rings is 1. The molecule has 0 fully saturated rings. The van der Waals surface area contributed by atoms with Crippen LogP contribution in [0, 0.1) is 6.92 Å². The number of hydrogen-bond donors (Lipinski definition) is 3. The molecule has 0 aliphatic heterocycles. The zero-order chi connectivity index (χ0) is 25.1. The number of carbonyl (C=O) groups is 1. The van der Waals surface area contributed by atoms with Gasteiger partial charge < -0.3 is 16.2 Å². The zero-order valence-corrected chi connectivity index (χ0v) is 19.9. The fourth-order valence-electron chi connectivity index (χ4n) is 4.16. The largest absolute Gasteiger partial charge is 0.390 e. The van der Waals surface area contributed by atoms with Crippen LogP contribution < -0.4 is 11.1 Å². The molecule has 0 saturated carbocycles. The smallest absolute Gasteiger partial charge is 0.255 e. The minimum atomic E-state index is -0.319. The predicted octanol–water partition coefficient (Wildman–Crippen LogP) is 3.04. The topological polar surface area (TPSA) is 124 Å². The molecule has 182 valence electrons. The highest BCUT2D eigenvalue weighted by atomic mass is 16.3. The van der Waals surface area contributed by atoms with Gasteiger partial charge >= 0.3 is 0 Å². The number of carbonyl (C=O) groups excluding carboxylic acids is 1. The van der Waals surface area contributed by atoms with Gasteiger partial charge in [-0.05, 0) is 46.7 Å². The summed E-state index contributed by atoms with van der Waals surface area (Å²) in [6.07, 6.45) is 7.19. The summed E-state index contributed by atoms with van der Waals surface area (Å²) in [5.74, 6) is 0.190. The van der Waals surface area contributed by atoms with Crippen LogP contribution in [0.5, 0.6) is 0 Å². The van der Waals surface area contributed by atoms with Crippen molar-refractivity contribution in [2.45, 2.75) is 33.2 Å². The van der Waals surface area contributed by atoms with Gasteiger partial charge in [0.2, 0.25) is 0 Å². The van der Waals surface area contributed by atoms with E-state index in [9.17, 15) is 9.90 Å². The number of nitrogens with zero attached hydrogens (tertiary/aromatic N) is 5. The lowest BCUT2D eigenvalue weighted by molar-refractivity contribution is 0.0947. The number of benzene rings is 2. The molecule has 0 aliphatic carbocycles. The Balaban J connectivity index is 1.24. The minimum absolute atomic E-state index is 0.287. The molecule has 2 aromatic carbocycles. The normalized spacial score (nSPS) is 11.2. The number of nitrogens with two attached hydrogens (primary N) is 1. The highest BCUT2D eigenvalue weighted by Gasteiger charge is 2.16. The lowest BCUT2D eigenvalue weighted by Crippen LogP contribution is -2.23.